The third kappa shape index (κ3) is 6.63. The standard InChI is InChI=1S/C18H25NO4/c1-5-23-18(21)16(12-13(2)3)19-11-10-17(20)14-6-8-15(22-4)9-7-14/h6-9,11,13,16H,5,10,12H2,1-4H3/t16-/m1/s1. The van der Waals surface area contributed by atoms with E-state index >= 15 is 0 Å². The quantitative estimate of drug-likeness (QED) is 0.398. The average molecular weight is 319 g/mol. The van der Waals surface area contributed by atoms with Crippen molar-refractivity contribution in [1.29, 1.82) is 0 Å². The minimum atomic E-state index is -0.543. The van der Waals surface area contributed by atoms with Crippen molar-refractivity contribution in [1.82, 2.24) is 0 Å². The lowest BCUT2D eigenvalue weighted by molar-refractivity contribution is -0.144. The summed E-state index contributed by atoms with van der Waals surface area (Å²) in [7, 11) is 1.58. The summed E-state index contributed by atoms with van der Waals surface area (Å²) in [4.78, 5) is 28.2. The van der Waals surface area contributed by atoms with E-state index in [4.69, 9.17) is 9.47 Å². The molecule has 0 fully saturated rings. The van der Waals surface area contributed by atoms with Crippen molar-refractivity contribution in [3.8, 4) is 5.75 Å². The number of methoxy groups -OCH3 is 1. The second kappa shape index (κ2) is 9.77. The van der Waals surface area contributed by atoms with Gasteiger partial charge in [0, 0.05) is 18.2 Å². The maximum absolute atomic E-state index is 12.1. The van der Waals surface area contributed by atoms with Gasteiger partial charge in [-0.25, -0.2) is 4.79 Å². The average Bonchev–Trinajstić information content (AvgIpc) is 2.53. The summed E-state index contributed by atoms with van der Waals surface area (Å²) in [5.74, 6) is 0.631. The van der Waals surface area contributed by atoms with Crippen molar-refractivity contribution in [2.75, 3.05) is 13.7 Å². The number of carbonyl (C=O) groups excluding carboxylic acids is 2. The number of nitrogens with zero attached hydrogens (tertiary/aromatic N) is 1. The molecule has 126 valence electrons. The van der Waals surface area contributed by atoms with Crippen LogP contribution in [0.1, 0.15) is 44.0 Å². The molecule has 0 amide bonds. The monoisotopic (exact) mass is 319 g/mol. The van der Waals surface area contributed by atoms with E-state index in [2.05, 4.69) is 4.99 Å². The van der Waals surface area contributed by atoms with E-state index in [0.717, 1.165) is 0 Å². The lowest BCUT2D eigenvalue weighted by atomic mass is 10.0. The Bertz CT molecular complexity index is 534. The van der Waals surface area contributed by atoms with Crippen LogP contribution in [0.2, 0.25) is 0 Å². The lowest BCUT2D eigenvalue weighted by Gasteiger charge is -2.13. The molecular formula is C18H25NO4. The number of ketones is 1. The van der Waals surface area contributed by atoms with E-state index in [1.807, 2.05) is 13.8 Å². The molecule has 0 aliphatic heterocycles. The summed E-state index contributed by atoms with van der Waals surface area (Å²) >= 11 is 0. The summed E-state index contributed by atoms with van der Waals surface area (Å²) in [6.07, 6.45) is 2.27. The van der Waals surface area contributed by atoms with Gasteiger partial charge in [-0.2, -0.15) is 0 Å². The Morgan fingerprint density at radius 1 is 1.22 bits per heavy atom. The molecular weight excluding hydrogens is 294 g/mol. The number of Topliss-reactive ketones (excluding diaryl/α,β-unsaturated/α-hetero) is 1. The molecule has 0 heterocycles. The Labute approximate surface area is 137 Å². The largest absolute Gasteiger partial charge is 0.497 e. The molecule has 1 atom stereocenters. The van der Waals surface area contributed by atoms with Gasteiger partial charge in [0.2, 0.25) is 0 Å². The molecule has 23 heavy (non-hydrogen) atoms. The highest BCUT2D eigenvalue weighted by Crippen LogP contribution is 2.13. The molecule has 1 aromatic rings. The first-order valence-corrected chi connectivity index (χ1v) is 7.83. The Balaban J connectivity index is 2.65. The van der Waals surface area contributed by atoms with Crippen LogP contribution in [0.15, 0.2) is 29.3 Å². The zero-order valence-corrected chi connectivity index (χ0v) is 14.2. The van der Waals surface area contributed by atoms with E-state index in [0.29, 0.717) is 30.3 Å². The molecule has 0 aliphatic carbocycles. The van der Waals surface area contributed by atoms with E-state index in [-0.39, 0.29) is 18.2 Å². The number of benzene rings is 1. The summed E-state index contributed by atoms with van der Waals surface area (Å²) in [6.45, 7) is 6.13. The van der Waals surface area contributed by atoms with Gasteiger partial charge in [-0.15, -0.1) is 0 Å². The van der Waals surface area contributed by atoms with Gasteiger partial charge in [0.1, 0.15) is 11.8 Å². The number of hydrogen-bond acceptors (Lipinski definition) is 5. The summed E-state index contributed by atoms with van der Waals surface area (Å²) in [6, 6.07) is 6.37. The van der Waals surface area contributed by atoms with Gasteiger partial charge in [0.15, 0.2) is 5.78 Å². The van der Waals surface area contributed by atoms with E-state index < -0.39 is 6.04 Å². The Hall–Kier alpha value is -2.17. The smallest absolute Gasteiger partial charge is 0.330 e. The number of carbonyl (C=O) groups is 2. The SMILES string of the molecule is CCOC(=O)[C@@H](CC(C)C)N=CCC(=O)c1ccc(OC)cc1. The topological polar surface area (TPSA) is 65.0 Å². The van der Waals surface area contributed by atoms with Crippen molar-refractivity contribution in [2.45, 2.75) is 39.7 Å². The maximum Gasteiger partial charge on any atom is 0.330 e. The van der Waals surface area contributed by atoms with Crippen molar-refractivity contribution in [3.63, 3.8) is 0 Å². The molecule has 0 bridgehead atoms. The first-order valence-electron chi connectivity index (χ1n) is 7.83. The van der Waals surface area contributed by atoms with Gasteiger partial charge in [-0.1, -0.05) is 13.8 Å². The van der Waals surface area contributed by atoms with Crippen molar-refractivity contribution in [3.05, 3.63) is 29.8 Å². The predicted octanol–water partition coefficient (Wildman–Crippen LogP) is 3.32. The fraction of sp³-hybridized carbons (Fsp3) is 0.500. The molecule has 0 aliphatic rings. The second-order valence-electron chi connectivity index (χ2n) is 5.58. The van der Waals surface area contributed by atoms with Crippen molar-refractivity contribution in [2.24, 2.45) is 10.9 Å². The number of esters is 1. The van der Waals surface area contributed by atoms with Crippen LogP contribution >= 0.6 is 0 Å². The number of hydrogen-bond donors (Lipinski definition) is 0. The van der Waals surface area contributed by atoms with E-state index in [1.54, 1.807) is 38.3 Å². The van der Waals surface area contributed by atoms with Gasteiger partial charge in [-0.05, 0) is 43.5 Å². The fourth-order valence-electron chi connectivity index (χ4n) is 2.06. The van der Waals surface area contributed by atoms with Crippen LogP contribution in [0.25, 0.3) is 0 Å². The number of ether oxygens (including phenoxy) is 2. The fourth-order valence-corrected chi connectivity index (χ4v) is 2.06. The minimum absolute atomic E-state index is 0.0523. The minimum Gasteiger partial charge on any atom is -0.497 e. The Morgan fingerprint density at radius 2 is 1.87 bits per heavy atom. The van der Waals surface area contributed by atoms with Crippen LogP contribution in [-0.4, -0.2) is 37.7 Å². The first-order chi connectivity index (χ1) is 11.0. The molecule has 0 spiro atoms. The molecule has 5 nitrogen and oxygen atoms in total. The normalized spacial score (nSPS) is 12.4. The third-order valence-electron chi connectivity index (χ3n) is 3.23. The third-order valence-corrected chi connectivity index (χ3v) is 3.23. The summed E-state index contributed by atoms with van der Waals surface area (Å²) in [5.41, 5.74) is 0.591. The van der Waals surface area contributed by atoms with Gasteiger partial charge >= 0.3 is 5.97 Å². The molecule has 0 unspecified atom stereocenters. The van der Waals surface area contributed by atoms with Crippen LogP contribution < -0.4 is 4.74 Å². The van der Waals surface area contributed by atoms with Crippen LogP contribution in [0.4, 0.5) is 0 Å². The Kier molecular flexibility index (Phi) is 8.02. The van der Waals surface area contributed by atoms with Gasteiger partial charge in [0.25, 0.3) is 0 Å². The van der Waals surface area contributed by atoms with Crippen molar-refractivity contribution >= 4 is 18.0 Å². The highest BCUT2D eigenvalue weighted by Gasteiger charge is 2.19. The zero-order chi connectivity index (χ0) is 17.2. The summed E-state index contributed by atoms with van der Waals surface area (Å²) in [5, 5.41) is 0. The van der Waals surface area contributed by atoms with Crippen LogP contribution in [0, 0.1) is 5.92 Å². The second-order valence-corrected chi connectivity index (χ2v) is 5.58. The number of aliphatic imine (C=N–C) groups is 1. The van der Waals surface area contributed by atoms with E-state index in [1.165, 1.54) is 6.21 Å². The van der Waals surface area contributed by atoms with E-state index in [9.17, 15) is 9.59 Å². The van der Waals surface area contributed by atoms with Gasteiger partial charge < -0.3 is 9.47 Å². The molecule has 0 aromatic heterocycles. The number of rotatable bonds is 9. The zero-order valence-electron chi connectivity index (χ0n) is 14.2. The maximum atomic E-state index is 12.1. The lowest BCUT2D eigenvalue weighted by Crippen LogP contribution is -2.23. The molecule has 0 N–H and O–H groups in total. The molecule has 0 saturated heterocycles. The van der Waals surface area contributed by atoms with Gasteiger partial charge in [-0.3, -0.25) is 9.79 Å². The highest BCUT2D eigenvalue weighted by molar-refractivity contribution is 6.03. The first kappa shape index (κ1) is 18.9. The molecule has 5 heteroatoms. The molecule has 0 saturated carbocycles. The predicted molar refractivity (Wildman–Crippen MR) is 90.3 cm³/mol. The molecule has 0 radical (unpaired) electrons. The van der Waals surface area contributed by atoms with Crippen LogP contribution in [0.3, 0.4) is 0 Å². The van der Waals surface area contributed by atoms with Gasteiger partial charge in [0.05, 0.1) is 13.7 Å². The van der Waals surface area contributed by atoms with Crippen LogP contribution in [0.5, 0.6) is 5.75 Å². The highest BCUT2D eigenvalue weighted by atomic mass is 16.5. The molecule has 1 rings (SSSR count). The summed E-state index contributed by atoms with van der Waals surface area (Å²) < 4.78 is 10.1. The Morgan fingerprint density at radius 3 is 2.39 bits per heavy atom. The molecule has 1 aromatic carbocycles. The van der Waals surface area contributed by atoms with Crippen LogP contribution in [-0.2, 0) is 9.53 Å². The van der Waals surface area contributed by atoms with Crippen molar-refractivity contribution < 1.29 is 19.1 Å².